The van der Waals surface area contributed by atoms with Crippen LogP contribution in [-0.2, 0) is 4.79 Å². The Morgan fingerprint density at radius 1 is 1.26 bits per heavy atom. The number of rotatable bonds is 12. The highest BCUT2D eigenvalue weighted by Gasteiger charge is 2.22. The maximum absolute atomic E-state index is 12.1. The Balaban J connectivity index is 2.40. The minimum absolute atomic E-state index is 0.0158. The smallest absolute Gasteiger partial charge is 0.154 e. The molecule has 4 heteroatoms. The second kappa shape index (κ2) is 13.9. The Bertz CT molecular complexity index is 939. The molecule has 1 fully saturated rings. The number of ketones is 1. The van der Waals surface area contributed by atoms with Crippen LogP contribution in [0.4, 0.5) is 0 Å². The maximum atomic E-state index is 12.1. The summed E-state index contributed by atoms with van der Waals surface area (Å²) in [4.78, 5) is 19.6. The molecule has 1 aromatic rings. The second-order valence-corrected chi connectivity index (χ2v) is 9.34. The molecular weight excluding hydrogens is 420 g/mol. The monoisotopic (exact) mass is 464 g/mol. The minimum Gasteiger partial charge on any atom is -0.494 e. The molecule has 1 saturated heterocycles. The molecule has 1 aromatic carbocycles. The van der Waals surface area contributed by atoms with E-state index in [-0.39, 0.29) is 11.7 Å². The van der Waals surface area contributed by atoms with E-state index in [4.69, 9.17) is 9.73 Å². The lowest BCUT2D eigenvalue weighted by atomic mass is 10.0. The van der Waals surface area contributed by atoms with Gasteiger partial charge in [-0.2, -0.15) is 0 Å². The molecule has 0 bridgehead atoms. The van der Waals surface area contributed by atoms with Crippen LogP contribution < -0.4 is 4.74 Å². The van der Waals surface area contributed by atoms with Crippen LogP contribution in [0.3, 0.4) is 0 Å². The third-order valence-electron chi connectivity index (χ3n) is 6.56. The lowest BCUT2D eigenvalue weighted by Crippen LogP contribution is -2.19. The molecule has 34 heavy (non-hydrogen) atoms. The highest BCUT2D eigenvalue weighted by molar-refractivity contribution is 6.03. The highest BCUT2D eigenvalue weighted by atomic mass is 16.5. The summed E-state index contributed by atoms with van der Waals surface area (Å²) in [6, 6.07) is 6.04. The van der Waals surface area contributed by atoms with Crippen LogP contribution in [0.2, 0.25) is 0 Å². The van der Waals surface area contributed by atoms with Gasteiger partial charge in [0.25, 0.3) is 0 Å². The fourth-order valence-electron chi connectivity index (χ4n) is 4.37. The summed E-state index contributed by atoms with van der Waals surface area (Å²) in [5.74, 6) is 1.88. The van der Waals surface area contributed by atoms with Crippen LogP contribution in [0.15, 0.2) is 53.2 Å². The molecule has 0 radical (unpaired) electrons. The lowest BCUT2D eigenvalue weighted by molar-refractivity contribution is -0.112. The van der Waals surface area contributed by atoms with Crippen LogP contribution in [0.1, 0.15) is 78.4 Å². The fourth-order valence-corrected chi connectivity index (χ4v) is 4.37. The van der Waals surface area contributed by atoms with Gasteiger partial charge in [-0.25, -0.2) is 0 Å². The molecule has 0 aliphatic carbocycles. The molecule has 1 aliphatic rings. The number of nitrogens with zero attached hydrogens (tertiary/aromatic N) is 2. The van der Waals surface area contributed by atoms with Crippen molar-refractivity contribution in [2.24, 2.45) is 16.8 Å². The summed E-state index contributed by atoms with van der Waals surface area (Å²) < 4.78 is 5.79. The van der Waals surface area contributed by atoms with E-state index in [1.54, 1.807) is 13.0 Å². The van der Waals surface area contributed by atoms with Gasteiger partial charge in [-0.05, 0) is 82.6 Å². The molecular formula is C30H44N2O2. The van der Waals surface area contributed by atoms with Crippen LogP contribution in [0.5, 0.6) is 5.75 Å². The van der Waals surface area contributed by atoms with Gasteiger partial charge in [0.05, 0.1) is 12.3 Å². The summed E-state index contributed by atoms with van der Waals surface area (Å²) in [5.41, 5.74) is 4.88. The van der Waals surface area contributed by atoms with Crippen molar-refractivity contribution in [2.75, 3.05) is 19.7 Å². The predicted molar refractivity (Wildman–Crippen MR) is 145 cm³/mol. The van der Waals surface area contributed by atoms with E-state index in [1.165, 1.54) is 25.0 Å². The zero-order chi connectivity index (χ0) is 25.1. The first-order chi connectivity index (χ1) is 16.3. The Kier molecular flexibility index (Phi) is 11.3. The number of aliphatic imine (C=N–C) groups is 1. The molecule has 2 atom stereocenters. The van der Waals surface area contributed by atoms with Crippen LogP contribution in [0.25, 0.3) is 5.70 Å². The van der Waals surface area contributed by atoms with E-state index < -0.39 is 0 Å². The quantitative estimate of drug-likeness (QED) is 0.184. The predicted octanol–water partition coefficient (Wildman–Crippen LogP) is 7.39. The average Bonchev–Trinajstić information content (AvgIpc) is 3.27. The van der Waals surface area contributed by atoms with E-state index in [9.17, 15) is 4.79 Å². The molecule has 0 spiro atoms. The summed E-state index contributed by atoms with van der Waals surface area (Å²) in [6.07, 6.45) is 13.0. The van der Waals surface area contributed by atoms with Crippen molar-refractivity contribution in [1.29, 1.82) is 0 Å². The summed E-state index contributed by atoms with van der Waals surface area (Å²) in [6.45, 7) is 17.2. The molecule has 4 nitrogen and oxygen atoms in total. The Hall–Kier alpha value is -2.62. The molecule has 0 amide bonds. The number of carbonyl (C=O) groups excluding carboxylic acids is 1. The second-order valence-electron chi connectivity index (χ2n) is 9.34. The molecule has 186 valence electrons. The Labute approximate surface area is 207 Å². The number of carbonyl (C=O) groups is 1. The number of hydrogen-bond donors (Lipinski definition) is 0. The first-order valence-electron chi connectivity index (χ1n) is 13.0. The van der Waals surface area contributed by atoms with Crippen molar-refractivity contribution >= 4 is 17.2 Å². The number of ether oxygens (including phenoxy) is 1. The largest absolute Gasteiger partial charge is 0.494 e. The summed E-state index contributed by atoms with van der Waals surface area (Å²) >= 11 is 0. The van der Waals surface area contributed by atoms with Gasteiger partial charge in [0.15, 0.2) is 5.78 Å². The lowest BCUT2D eigenvalue weighted by Gasteiger charge is -2.20. The zero-order valence-corrected chi connectivity index (χ0v) is 22.4. The minimum atomic E-state index is -0.0158. The number of aryl methyl sites for hydroxylation is 1. The van der Waals surface area contributed by atoms with Crippen molar-refractivity contribution in [3.63, 3.8) is 0 Å². The third kappa shape index (κ3) is 8.00. The van der Waals surface area contributed by atoms with Gasteiger partial charge < -0.3 is 9.64 Å². The first-order valence-corrected chi connectivity index (χ1v) is 13.0. The standard InChI is InChI=1S/C30H44N2O2/c1-8-12-25-17-18-32(21-25)27(10-3)15-16-28(22(5)9-2)31-29(19-24(7)33)26-14-13-23(6)30(20-26)34-11-4/h10,13-16,19-20,22,25H,8-9,11-12,17-18,21H2,1-7H3/b16-15-,27-10+,29-19-,31-28+/t22?,25-/m0/s1. The molecule has 0 aromatic heterocycles. The van der Waals surface area contributed by atoms with Gasteiger partial charge in [0.1, 0.15) is 5.75 Å². The van der Waals surface area contributed by atoms with E-state index in [0.717, 1.165) is 48.0 Å². The van der Waals surface area contributed by atoms with Gasteiger partial charge in [-0.15, -0.1) is 0 Å². The van der Waals surface area contributed by atoms with Gasteiger partial charge in [-0.3, -0.25) is 9.79 Å². The van der Waals surface area contributed by atoms with Gasteiger partial charge in [0, 0.05) is 36.1 Å². The van der Waals surface area contributed by atoms with E-state index in [1.807, 2.05) is 32.0 Å². The van der Waals surface area contributed by atoms with Crippen molar-refractivity contribution in [2.45, 2.75) is 74.1 Å². The van der Waals surface area contributed by atoms with Crippen molar-refractivity contribution < 1.29 is 9.53 Å². The van der Waals surface area contributed by atoms with E-state index in [2.05, 4.69) is 50.8 Å². The highest BCUT2D eigenvalue weighted by Crippen LogP contribution is 2.27. The fraction of sp³-hybridized carbons (Fsp3) is 0.533. The Morgan fingerprint density at radius 3 is 2.65 bits per heavy atom. The van der Waals surface area contributed by atoms with Gasteiger partial charge in [0.2, 0.25) is 0 Å². The van der Waals surface area contributed by atoms with Gasteiger partial charge >= 0.3 is 0 Å². The average molecular weight is 465 g/mol. The van der Waals surface area contributed by atoms with Crippen LogP contribution >= 0.6 is 0 Å². The summed E-state index contributed by atoms with van der Waals surface area (Å²) in [7, 11) is 0. The number of allylic oxidation sites excluding steroid dienone is 4. The van der Waals surface area contributed by atoms with E-state index >= 15 is 0 Å². The van der Waals surface area contributed by atoms with Crippen molar-refractivity contribution in [1.82, 2.24) is 4.90 Å². The third-order valence-corrected chi connectivity index (χ3v) is 6.56. The number of benzene rings is 1. The van der Waals surface area contributed by atoms with E-state index in [0.29, 0.717) is 12.3 Å². The molecule has 0 N–H and O–H groups in total. The summed E-state index contributed by atoms with van der Waals surface area (Å²) in [5, 5.41) is 0. The maximum Gasteiger partial charge on any atom is 0.154 e. The van der Waals surface area contributed by atoms with Crippen molar-refractivity contribution in [3.05, 3.63) is 59.3 Å². The van der Waals surface area contributed by atoms with Crippen molar-refractivity contribution in [3.8, 4) is 5.75 Å². The zero-order valence-electron chi connectivity index (χ0n) is 22.4. The Morgan fingerprint density at radius 2 is 2.03 bits per heavy atom. The SMILES string of the molecule is C\C=C(/C=C\C(=N/C(=C\C(C)=O)c1ccc(C)c(OCC)c1)C(C)CC)N1CC[C@H](CCC)C1. The van der Waals surface area contributed by atoms with Crippen LogP contribution in [-0.4, -0.2) is 36.1 Å². The number of hydrogen-bond acceptors (Lipinski definition) is 4. The normalized spacial score (nSPS) is 18.6. The first kappa shape index (κ1) is 27.6. The topological polar surface area (TPSA) is 41.9 Å². The molecule has 2 rings (SSSR count). The molecule has 1 heterocycles. The van der Waals surface area contributed by atoms with Gasteiger partial charge in [-0.1, -0.05) is 45.4 Å². The molecule has 1 aliphatic heterocycles. The van der Waals surface area contributed by atoms with Crippen LogP contribution in [0, 0.1) is 18.8 Å². The molecule has 0 saturated carbocycles. The molecule has 1 unspecified atom stereocenters. The number of likely N-dealkylation sites (tertiary alicyclic amines) is 1.